The highest BCUT2D eigenvalue weighted by atomic mass is 35.5. The van der Waals surface area contributed by atoms with Crippen molar-refractivity contribution >= 4 is 18.3 Å². The maximum Gasteiger partial charge on any atom is 0.435 e. The molecule has 0 radical (unpaired) electrons. The molecule has 2 rings (SSSR count). The van der Waals surface area contributed by atoms with E-state index < -0.39 is 11.9 Å². The number of benzene rings is 1. The van der Waals surface area contributed by atoms with Crippen molar-refractivity contribution in [1.82, 2.24) is 15.1 Å². The van der Waals surface area contributed by atoms with E-state index in [-0.39, 0.29) is 24.4 Å². The van der Waals surface area contributed by atoms with Crippen molar-refractivity contribution in [1.29, 1.82) is 0 Å². The lowest BCUT2D eigenvalue weighted by Gasteiger charge is -2.12. The smallest absolute Gasteiger partial charge is 0.348 e. The van der Waals surface area contributed by atoms with Crippen LogP contribution in [-0.4, -0.2) is 28.3 Å². The third kappa shape index (κ3) is 4.70. The van der Waals surface area contributed by atoms with Crippen molar-refractivity contribution in [2.45, 2.75) is 19.1 Å². The van der Waals surface area contributed by atoms with E-state index in [2.05, 4.69) is 10.4 Å². The van der Waals surface area contributed by atoms with Crippen LogP contribution in [0.25, 0.3) is 5.69 Å². The standard InChI is InChI=1S/C14H15F3N4O.ClH/c1-9(8-18)19-13(22)10-3-2-4-11(7-10)21-6-5-12(20-21)14(15,16)17;/h2-7,9H,8,18H2,1H3,(H,19,22);1H/t9-;/m0./s1. The van der Waals surface area contributed by atoms with E-state index in [1.807, 2.05) is 0 Å². The van der Waals surface area contributed by atoms with Crippen molar-refractivity contribution in [2.75, 3.05) is 6.54 Å². The van der Waals surface area contributed by atoms with Crippen LogP contribution >= 0.6 is 12.4 Å². The van der Waals surface area contributed by atoms with Crippen LogP contribution in [-0.2, 0) is 6.18 Å². The van der Waals surface area contributed by atoms with E-state index in [1.165, 1.54) is 12.3 Å². The molecule has 23 heavy (non-hydrogen) atoms. The van der Waals surface area contributed by atoms with Crippen LogP contribution in [0.5, 0.6) is 0 Å². The highest BCUT2D eigenvalue weighted by molar-refractivity contribution is 5.94. The van der Waals surface area contributed by atoms with Gasteiger partial charge in [0.05, 0.1) is 5.69 Å². The van der Waals surface area contributed by atoms with E-state index in [0.717, 1.165) is 10.7 Å². The Kier molecular flexibility index (Phi) is 6.17. The summed E-state index contributed by atoms with van der Waals surface area (Å²) in [5, 5.41) is 6.15. The van der Waals surface area contributed by atoms with E-state index in [1.54, 1.807) is 25.1 Å². The average molecular weight is 349 g/mol. The van der Waals surface area contributed by atoms with Gasteiger partial charge in [-0.2, -0.15) is 18.3 Å². The minimum Gasteiger partial charge on any atom is -0.348 e. The average Bonchev–Trinajstić information content (AvgIpc) is 2.97. The fourth-order valence-electron chi connectivity index (χ4n) is 1.77. The summed E-state index contributed by atoms with van der Waals surface area (Å²) in [6, 6.07) is 6.85. The van der Waals surface area contributed by atoms with Crippen molar-refractivity contribution in [3.63, 3.8) is 0 Å². The molecule has 0 unspecified atom stereocenters. The van der Waals surface area contributed by atoms with E-state index in [9.17, 15) is 18.0 Å². The van der Waals surface area contributed by atoms with Gasteiger partial charge in [0.2, 0.25) is 0 Å². The summed E-state index contributed by atoms with van der Waals surface area (Å²) in [7, 11) is 0. The number of alkyl halides is 3. The molecule has 5 nitrogen and oxygen atoms in total. The number of nitrogens with zero attached hydrogens (tertiary/aromatic N) is 2. The predicted molar refractivity (Wildman–Crippen MR) is 81.8 cm³/mol. The molecular formula is C14H16ClF3N4O. The summed E-state index contributed by atoms with van der Waals surface area (Å²) in [5.74, 6) is -0.344. The van der Waals surface area contributed by atoms with Crippen molar-refractivity contribution in [3.05, 3.63) is 47.8 Å². The lowest BCUT2D eigenvalue weighted by atomic mass is 10.1. The normalized spacial score (nSPS) is 12.4. The number of amides is 1. The SMILES string of the molecule is C[C@@H](CN)NC(=O)c1cccc(-n2ccc(C(F)(F)F)n2)c1.Cl. The summed E-state index contributed by atoms with van der Waals surface area (Å²) >= 11 is 0. The molecule has 2 aromatic rings. The van der Waals surface area contributed by atoms with Gasteiger partial charge >= 0.3 is 6.18 Å². The van der Waals surface area contributed by atoms with Crippen LogP contribution in [0.2, 0.25) is 0 Å². The van der Waals surface area contributed by atoms with E-state index in [0.29, 0.717) is 17.8 Å². The van der Waals surface area contributed by atoms with Gasteiger partial charge in [-0.05, 0) is 31.2 Å². The second-order valence-electron chi connectivity index (χ2n) is 4.80. The number of halogens is 4. The Morgan fingerprint density at radius 1 is 1.39 bits per heavy atom. The molecule has 1 aromatic carbocycles. The van der Waals surface area contributed by atoms with Crippen molar-refractivity contribution in [2.24, 2.45) is 5.73 Å². The first-order valence-electron chi connectivity index (χ1n) is 6.55. The summed E-state index contributed by atoms with van der Waals surface area (Å²) in [6.45, 7) is 2.05. The number of hydrogen-bond acceptors (Lipinski definition) is 3. The Bertz CT molecular complexity index is 672. The van der Waals surface area contributed by atoms with Crippen LogP contribution < -0.4 is 11.1 Å². The number of rotatable bonds is 4. The molecule has 1 aromatic heterocycles. The quantitative estimate of drug-likeness (QED) is 0.891. The number of carbonyl (C=O) groups excluding carboxylic acids is 1. The summed E-state index contributed by atoms with van der Waals surface area (Å²) in [4.78, 5) is 12.0. The van der Waals surface area contributed by atoms with Crippen LogP contribution in [0.1, 0.15) is 23.0 Å². The third-order valence-corrected chi connectivity index (χ3v) is 2.98. The third-order valence-electron chi connectivity index (χ3n) is 2.98. The fraction of sp³-hybridized carbons (Fsp3) is 0.286. The van der Waals surface area contributed by atoms with Gasteiger partial charge in [0.15, 0.2) is 5.69 Å². The zero-order valence-corrected chi connectivity index (χ0v) is 13.0. The molecule has 0 aliphatic heterocycles. The molecule has 0 aliphatic carbocycles. The Morgan fingerprint density at radius 3 is 2.65 bits per heavy atom. The zero-order valence-electron chi connectivity index (χ0n) is 12.2. The first-order valence-corrected chi connectivity index (χ1v) is 6.55. The molecular weight excluding hydrogens is 333 g/mol. The Balaban J connectivity index is 0.00000264. The molecule has 1 atom stereocenters. The molecule has 0 aliphatic rings. The van der Waals surface area contributed by atoms with Gasteiger partial charge in [-0.25, -0.2) is 4.68 Å². The first kappa shape index (κ1) is 19.0. The minimum atomic E-state index is -4.50. The number of nitrogens with two attached hydrogens (primary N) is 1. The summed E-state index contributed by atoms with van der Waals surface area (Å²) in [5.41, 5.74) is 5.13. The molecule has 0 fully saturated rings. The predicted octanol–water partition coefficient (Wildman–Crippen LogP) is 2.39. The molecule has 1 amide bonds. The van der Waals surface area contributed by atoms with E-state index in [4.69, 9.17) is 5.73 Å². The fourth-order valence-corrected chi connectivity index (χ4v) is 1.77. The number of aromatic nitrogens is 2. The molecule has 0 spiro atoms. The van der Waals surface area contributed by atoms with Crippen LogP contribution in [0, 0.1) is 0 Å². The highest BCUT2D eigenvalue weighted by Crippen LogP contribution is 2.27. The van der Waals surface area contributed by atoms with Gasteiger partial charge in [0.25, 0.3) is 5.91 Å². The lowest BCUT2D eigenvalue weighted by Crippen LogP contribution is -2.37. The highest BCUT2D eigenvalue weighted by Gasteiger charge is 2.33. The van der Waals surface area contributed by atoms with Crippen LogP contribution in [0.3, 0.4) is 0 Å². The Hall–Kier alpha value is -2.06. The van der Waals surface area contributed by atoms with E-state index >= 15 is 0 Å². The van der Waals surface area contributed by atoms with Gasteiger partial charge in [-0.1, -0.05) is 6.07 Å². The van der Waals surface area contributed by atoms with Crippen LogP contribution in [0.4, 0.5) is 13.2 Å². The van der Waals surface area contributed by atoms with Gasteiger partial charge in [-0.15, -0.1) is 12.4 Å². The maximum absolute atomic E-state index is 12.6. The molecule has 0 bridgehead atoms. The molecule has 3 N–H and O–H groups in total. The zero-order chi connectivity index (χ0) is 16.3. The monoisotopic (exact) mass is 348 g/mol. The Labute approximate surface area is 137 Å². The van der Waals surface area contributed by atoms with Gasteiger partial charge in [-0.3, -0.25) is 4.79 Å². The summed E-state index contributed by atoms with van der Waals surface area (Å²) < 4.78 is 38.7. The molecule has 126 valence electrons. The molecule has 0 saturated carbocycles. The molecule has 1 heterocycles. The van der Waals surface area contributed by atoms with Gasteiger partial charge in [0, 0.05) is 24.3 Å². The topological polar surface area (TPSA) is 72.9 Å². The van der Waals surface area contributed by atoms with Gasteiger partial charge < -0.3 is 11.1 Å². The largest absolute Gasteiger partial charge is 0.435 e. The molecule has 0 saturated heterocycles. The van der Waals surface area contributed by atoms with Gasteiger partial charge in [0.1, 0.15) is 0 Å². The molecule has 9 heteroatoms. The second-order valence-corrected chi connectivity index (χ2v) is 4.80. The lowest BCUT2D eigenvalue weighted by molar-refractivity contribution is -0.141. The number of carbonyl (C=O) groups is 1. The maximum atomic E-state index is 12.6. The first-order chi connectivity index (χ1) is 10.3. The number of hydrogen-bond donors (Lipinski definition) is 2. The van der Waals surface area contributed by atoms with Crippen LogP contribution in [0.15, 0.2) is 36.5 Å². The Morgan fingerprint density at radius 2 is 2.09 bits per heavy atom. The second kappa shape index (κ2) is 7.47. The van der Waals surface area contributed by atoms with Crippen molar-refractivity contribution < 1.29 is 18.0 Å². The minimum absolute atomic E-state index is 0. The van der Waals surface area contributed by atoms with Crippen molar-refractivity contribution in [3.8, 4) is 5.69 Å². The number of nitrogens with one attached hydrogen (secondary N) is 1. The summed E-state index contributed by atoms with van der Waals surface area (Å²) in [6.07, 6.45) is -3.31.